The van der Waals surface area contributed by atoms with Crippen LogP contribution in [0.3, 0.4) is 0 Å². The van der Waals surface area contributed by atoms with Crippen LogP contribution in [0.2, 0.25) is 0 Å². The fourth-order valence-electron chi connectivity index (χ4n) is 4.74. The monoisotopic (exact) mass is 464 g/mol. The molecule has 0 bridgehead atoms. The van der Waals surface area contributed by atoms with Crippen molar-refractivity contribution >= 4 is 28.6 Å². The zero-order valence-corrected chi connectivity index (χ0v) is 20.2. The summed E-state index contributed by atoms with van der Waals surface area (Å²) in [4.78, 5) is 30.3. The Morgan fingerprint density at radius 1 is 1.15 bits per heavy atom. The van der Waals surface area contributed by atoms with Gasteiger partial charge in [-0.25, -0.2) is 4.98 Å². The number of piperidine rings is 1. The highest BCUT2D eigenvalue weighted by atomic mass is 16.5. The van der Waals surface area contributed by atoms with Crippen LogP contribution >= 0.6 is 0 Å². The summed E-state index contributed by atoms with van der Waals surface area (Å²) >= 11 is 0. The van der Waals surface area contributed by atoms with Crippen molar-refractivity contribution < 1.29 is 14.3 Å². The average molecular weight is 465 g/mol. The summed E-state index contributed by atoms with van der Waals surface area (Å²) in [5, 5.41) is 0.709. The van der Waals surface area contributed by atoms with E-state index in [2.05, 4.69) is 11.1 Å². The highest BCUT2D eigenvalue weighted by Crippen LogP contribution is 2.37. The standard InChI is InChI=1S/C25H32N6O3/c1-5-22(32)31-12-9-25(10-13-31,21-8-6-7-11-27-21)16-30(2)24-28-18-15-20(34-4)19(33-3)14-17(18)23(26)29-24/h6-8,11,14-15H,5,9-10,12-13,16H2,1-4H3,(H2,26,28,29). The van der Waals surface area contributed by atoms with Gasteiger partial charge in [-0.2, -0.15) is 4.98 Å². The first-order valence-electron chi connectivity index (χ1n) is 11.5. The first-order chi connectivity index (χ1) is 16.4. The minimum atomic E-state index is -0.231. The number of nitrogens with zero attached hydrogens (tertiary/aromatic N) is 5. The average Bonchev–Trinajstić information content (AvgIpc) is 2.88. The van der Waals surface area contributed by atoms with Gasteiger partial charge in [0.2, 0.25) is 11.9 Å². The number of rotatable bonds is 7. The maximum atomic E-state index is 12.3. The zero-order chi connectivity index (χ0) is 24.3. The molecule has 1 aliphatic rings. The molecule has 1 aliphatic heterocycles. The van der Waals surface area contributed by atoms with Gasteiger partial charge < -0.3 is 25.0 Å². The van der Waals surface area contributed by atoms with Crippen molar-refractivity contribution in [1.82, 2.24) is 19.9 Å². The third-order valence-corrected chi connectivity index (χ3v) is 6.68. The number of likely N-dealkylation sites (tertiary alicyclic amines) is 1. The van der Waals surface area contributed by atoms with E-state index < -0.39 is 0 Å². The maximum Gasteiger partial charge on any atom is 0.227 e. The number of hydrogen-bond acceptors (Lipinski definition) is 8. The lowest BCUT2D eigenvalue weighted by atomic mass is 9.74. The van der Waals surface area contributed by atoms with Crippen LogP contribution in [0.1, 0.15) is 31.9 Å². The Hall–Kier alpha value is -3.62. The van der Waals surface area contributed by atoms with Gasteiger partial charge in [-0.15, -0.1) is 0 Å². The topological polar surface area (TPSA) is 107 Å². The van der Waals surface area contributed by atoms with Gasteiger partial charge in [-0.1, -0.05) is 13.0 Å². The van der Waals surface area contributed by atoms with E-state index in [-0.39, 0.29) is 11.3 Å². The van der Waals surface area contributed by atoms with Gasteiger partial charge in [0.05, 0.1) is 19.7 Å². The van der Waals surface area contributed by atoms with Crippen LogP contribution in [0, 0.1) is 0 Å². The summed E-state index contributed by atoms with van der Waals surface area (Å²) in [6.07, 6.45) is 3.97. The van der Waals surface area contributed by atoms with Crippen LogP contribution in [0.5, 0.6) is 11.5 Å². The van der Waals surface area contributed by atoms with E-state index in [1.54, 1.807) is 20.3 Å². The number of fused-ring (bicyclic) bond motifs is 1. The van der Waals surface area contributed by atoms with Crippen LogP contribution in [0.15, 0.2) is 36.5 Å². The second-order valence-electron chi connectivity index (χ2n) is 8.72. The predicted molar refractivity (Wildman–Crippen MR) is 132 cm³/mol. The summed E-state index contributed by atoms with van der Waals surface area (Å²) in [5.74, 6) is 2.26. The molecule has 2 aromatic heterocycles. The van der Waals surface area contributed by atoms with E-state index >= 15 is 0 Å². The molecule has 9 nitrogen and oxygen atoms in total. The number of carbonyl (C=O) groups is 1. The lowest BCUT2D eigenvalue weighted by Crippen LogP contribution is -2.50. The molecule has 9 heteroatoms. The van der Waals surface area contributed by atoms with Crippen LogP contribution in [0.4, 0.5) is 11.8 Å². The van der Waals surface area contributed by atoms with Gasteiger partial charge in [0, 0.05) is 61.9 Å². The minimum Gasteiger partial charge on any atom is -0.493 e. The van der Waals surface area contributed by atoms with Gasteiger partial charge in [0.25, 0.3) is 0 Å². The third kappa shape index (κ3) is 4.42. The van der Waals surface area contributed by atoms with E-state index in [4.69, 9.17) is 25.2 Å². The minimum absolute atomic E-state index is 0.193. The molecular formula is C25H32N6O3. The number of methoxy groups -OCH3 is 2. The number of anilines is 2. The number of ether oxygens (including phenoxy) is 2. The number of likely N-dealkylation sites (N-methyl/N-ethyl adjacent to an activating group) is 1. The molecule has 0 saturated carbocycles. The summed E-state index contributed by atoms with van der Waals surface area (Å²) < 4.78 is 10.8. The Kier molecular flexibility index (Phi) is 6.72. The van der Waals surface area contributed by atoms with Crippen molar-refractivity contribution in [3.05, 3.63) is 42.2 Å². The molecule has 3 heterocycles. The second-order valence-corrected chi connectivity index (χ2v) is 8.72. The second kappa shape index (κ2) is 9.70. The molecule has 0 atom stereocenters. The number of amides is 1. The quantitative estimate of drug-likeness (QED) is 0.569. The summed E-state index contributed by atoms with van der Waals surface area (Å²) in [6, 6.07) is 9.61. The molecule has 1 saturated heterocycles. The lowest BCUT2D eigenvalue weighted by Gasteiger charge is -2.43. The molecule has 1 aromatic carbocycles. The van der Waals surface area contributed by atoms with E-state index in [1.807, 2.05) is 48.2 Å². The summed E-state index contributed by atoms with van der Waals surface area (Å²) in [7, 11) is 5.14. The predicted octanol–water partition coefficient (Wildman–Crippen LogP) is 3.03. The van der Waals surface area contributed by atoms with Crippen molar-refractivity contribution in [1.29, 1.82) is 0 Å². The molecule has 0 aliphatic carbocycles. The van der Waals surface area contributed by atoms with Crippen LogP contribution in [-0.2, 0) is 10.2 Å². The van der Waals surface area contributed by atoms with Gasteiger partial charge in [0.1, 0.15) is 5.82 Å². The largest absolute Gasteiger partial charge is 0.493 e. The van der Waals surface area contributed by atoms with Crippen molar-refractivity contribution in [3.8, 4) is 11.5 Å². The smallest absolute Gasteiger partial charge is 0.227 e. The van der Waals surface area contributed by atoms with E-state index in [1.165, 1.54) is 0 Å². The molecule has 180 valence electrons. The molecular weight excluding hydrogens is 432 g/mol. The number of aromatic nitrogens is 3. The Morgan fingerprint density at radius 2 is 1.85 bits per heavy atom. The zero-order valence-electron chi connectivity index (χ0n) is 20.2. The number of nitrogen functional groups attached to an aromatic ring is 1. The molecule has 1 fully saturated rings. The molecule has 34 heavy (non-hydrogen) atoms. The number of pyridine rings is 1. The molecule has 0 spiro atoms. The van der Waals surface area contributed by atoms with Crippen molar-refractivity contribution in [2.75, 3.05) is 51.5 Å². The fraction of sp³-hybridized carbons (Fsp3) is 0.440. The Morgan fingerprint density at radius 3 is 2.47 bits per heavy atom. The number of hydrogen-bond donors (Lipinski definition) is 1. The number of nitrogens with two attached hydrogens (primary N) is 1. The first-order valence-corrected chi connectivity index (χ1v) is 11.5. The van der Waals surface area contributed by atoms with Crippen molar-refractivity contribution in [2.24, 2.45) is 0 Å². The molecule has 0 unspecified atom stereocenters. The van der Waals surface area contributed by atoms with Crippen LogP contribution < -0.4 is 20.1 Å². The highest BCUT2D eigenvalue weighted by Gasteiger charge is 2.39. The van der Waals surface area contributed by atoms with E-state index in [0.29, 0.717) is 60.2 Å². The van der Waals surface area contributed by atoms with E-state index in [0.717, 1.165) is 18.5 Å². The van der Waals surface area contributed by atoms with Gasteiger partial charge in [-0.05, 0) is 31.0 Å². The third-order valence-electron chi connectivity index (χ3n) is 6.68. The van der Waals surface area contributed by atoms with Gasteiger partial charge in [0.15, 0.2) is 11.5 Å². The lowest BCUT2D eigenvalue weighted by molar-refractivity contribution is -0.132. The summed E-state index contributed by atoms with van der Waals surface area (Å²) in [5.41, 5.74) is 7.79. The molecule has 2 N–H and O–H groups in total. The highest BCUT2D eigenvalue weighted by molar-refractivity contribution is 5.91. The van der Waals surface area contributed by atoms with Crippen molar-refractivity contribution in [3.63, 3.8) is 0 Å². The fourth-order valence-corrected chi connectivity index (χ4v) is 4.74. The number of carbonyl (C=O) groups excluding carboxylic acids is 1. The van der Waals surface area contributed by atoms with Gasteiger partial charge in [-0.3, -0.25) is 9.78 Å². The SMILES string of the molecule is CCC(=O)N1CCC(CN(C)c2nc(N)c3cc(OC)c(OC)cc3n2)(c2ccccn2)CC1. The molecule has 4 rings (SSSR count). The maximum absolute atomic E-state index is 12.3. The Labute approximate surface area is 199 Å². The number of benzene rings is 1. The van der Waals surface area contributed by atoms with Gasteiger partial charge >= 0.3 is 0 Å². The van der Waals surface area contributed by atoms with E-state index in [9.17, 15) is 4.79 Å². The van der Waals surface area contributed by atoms with Crippen molar-refractivity contribution in [2.45, 2.75) is 31.6 Å². The molecule has 3 aromatic rings. The summed E-state index contributed by atoms with van der Waals surface area (Å²) in [6.45, 7) is 3.96. The normalized spacial score (nSPS) is 15.2. The first kappa shape index (κ1) is 23.5. The van der Waals surface area contributed by atoms with Crippen LogP contribution in [-0.4, -0.2) is 66.7 Å². The Bertz CT molecular complexity index is 1160. The Balaban J connectivity index is 1.67. The van der Waals surface area contributed by atoms with Crippen LogP contribution in [0.25, 0.3) is 10.9 Å². The molecule has 0 radical (unpaired) electrons. The molecule has 1 amide bonds.